The van der Waals surface area contributed by atoms with Gasteiger partial charge in [-0.15, -0.1) is 0 Å². The number of hydrogen-bond acceptors (Lipinski definition) is 6. The van der Waals surface area contributed by atoms with Gasteiger partial charge in [-0.1, -0.05) is 60.7 Å². The van der Waals surface area contributed by atoms with Crippen molar-refractivity contribution in [1.82, 2.24) is 10.3 Å². The van der Waals surface area contributed by atoms with Crippen LogP contribution in [-0.2, 0) is 14.0 Å². The normalized spacial score (nSPS) is 17.4. The van der Waals surface area contributed by atoms with Gasteiger partial charge in [-0.2, -0.15) is 5.26 Å². The van der Waals surface area contributed by atoms with Crippen LogP contribution >= 0.6 is 0 Å². The Hall–Kier alpha value is -3.93. The Morgan fingerprint density at radius 2 is 1.63 bits per heavy atom. The van der Waals surface area contributed by atoms with Gasteiger partial charge in [-0.3, -0.25) is 0 Å². The quantitative estimate of drug-likeness (QED) is 0.443. The molecule has 8 heteroatoms. The van der Waals surface area contributed by atoms with Crippen molar-refractivity contribution in [3.05, 3.63) is 94.7 Å². The number of benzene rings is 2. The summed E-state index contributed by atoms with van der Waals surface area (Å²) in [5.74, 6) is -0.0279. The second kappa shape index (κ2) is 10.1. The van der Waals surface area contributed by atoms with E-state index in [9.17, 15) is 10.1 Å². The molecule has 7 nitrogen and oxygen atoms in total. The Morgan fingerprint density at radius 3 is 2.24 bits per heavy atom. The highest BCUT2D eigenvalue weighted by atomic mass is 16.7. The molecule has 0 saturated carbocycles. The van der Waals surface area contributed by atoms with Crippen LogP contribution in [0.2, 0.25) is 0 Å². The smallest absolute Gasteiger partial charge is 0.449 e. The van der Waals surface area contributed by atoms with Crippen molar-refractivity contribution in [1.29, 1.82) is 5.26 Å². The highest BCUT2D eigenvalue weighted by molar-refractivity contribution is 6.56. The van der Waals surface area contributed by atoms with Crippen LogP contribution in [0.3, 0.4) is 0 Å². The molecule has 0 bridgehead atoms. The lowest BCUT2D eigenvalue weighted by atomic mass is 9.77. The monoisotopic (exact) mass is 507 g/mol. The summed E-state index contributed by atoms with van der Waals surface area (Å²) in [5, 5.41) is 12.4. The van der Waals surface area contributed by atoms with Crippen LogP contribution < -0.4 is 5.32 Å². The molecule has 0 atom stereocenters. The van der Waals surface area contributed by atoms with Gasteiger partial charge in [0.2, 0.25) is 0 Å². The zero-order valence-electron chi connectivity index (χ0n) is 22.0. The van der Waals surface area contributed by atoms with Crippen LogP contribution in [0.25, 0.3) is 17.2 Å². The zero-order chi connectivity index (χ0) is 26.9. The van der Waals surface area contributed by atoms with Gasteiger partial charge in [0.05, 0.1) is 11.2 Å². The number of rotatable bonds is 6. The topological polar surface area (TPSA) is 93.5 Å². The second-order valence-corrected chi connectivity index (χ2v) is 10.5. The molecule has 1 N–H and O–H groups in total. The highest BCUT2D eigenvalue weighted by Crippen LogP contribution is 2.44. The van der Waals surface area contributed by atoms with Crippen molar-refractivity contribution in [2.75, 3.05) is 13.2 Å². The molecule has 1 aliphatic carbocycles. The molecule has 1 saturated heterocycles. The number of ether oxygens (including phenoxy) is 1. The first-order valence-electron chi connectivity index (χ1n) is 12.7. The predicted octanol–water partition coefficient (Wildman–Crippen LogP) is 5.51. The summed E-state index contributed by atoms with van der Waals surface area (Å²) in [6, 6.07) is 22.1. The van der Waals surface area contributed by atoms with Crippen molar-refractivity contribution in [3.63, 3.8) is 0 Å². The molecule has 0 radical (unpaired) electrons. The number of nitriles is 1. The minimum absolute atomic E-state index is 0.0279. The molecular formula is C30H30BN3O4. The lowest BCUT2D eigenvalue weighted by molar-refractivity contribution is 0.00578. The van der Waals surface area contributed by atoms with Crippen molar-refractivity contribution in [3.8, 4) is 17.2 Å². The number of amides is 1. The second-order valence-electron chi connectivity index (χ2n) is 10.5. The van der Waals surface area contributed by atoms with Crippen molar-refractivity contribution < 1.29 is 18.8 Å². The molecule has 5 rings (SSSR count). The molecule has 2 aromatic carbocycles. The Kier molecular flexibility index (Phi) is 6.83. The summed E-state index contributed by atoms with van der Waals surface area (Å²) >= 11 is 0. The molecule has 1 amide bonds. The first kappa shape index (κ1) is 25.7. The zero-order valence-corrected chi connectivity index (χ0v) is 22.0. The molecule has 0 unspecified atom stereocenters. The van der Waals surface area contributed by atoms with Crippen molar-refractivity contribution in [2.24, 2.45) is 0 Å². The van der Waals surface area contributed by atoms with E-state index < -0.39 is 24.4 Å². The van der Waals surface area contributed by atoms with E-state index >= 15 is 0 Å². The van der Waals surface area contributed by atoms with Crippen LogP contribution in [-0.4, -0.2) is 42.5 Å². The maximum absolute atomic E-state index is 12.9. The van der Waals surface area contributed by atoms with E-state index in [1.165, 1.54) is 11.1 Å². The van der Waals surface area contributed by atoms with E-state index in [-0.39, 0.29) is 24.8 Å². The standard InChI is InChI=1S/C30H30BN3O4/c1-29(2)30(3,4)38-31(37-29)21(16-20-10-9-15-33-27(20)17-32)18-34-28(35)36-19-26-24-13-7-5-11-22(24)23-12-6-8-14-25(23)26/h5-16,26H,18-19H2,1-4H3,(H,34,35). The van der Waals surface area contributed by atoms with Gasteiger partial charge >= 0.3 is 13.2 Å². The molecule has 1 fully saturated rings. The molecule has 1 aromatic heterocycles. The number of fused-ring (bicyclic) bond motifs is 3. The number of carbonyl (C=O) groups excluding carboxylic acids is 1. The fourth-order valence-corrected chi connectivity index (χ4v) is 4.85. The summed E-state index contributed by atoms with van der Waals surface area (Å²) in [7, 11) is -0.708. The number of hydrogen-bond donors (Lipinski definition) is 1. The molecule has 2 aliphatic rings. The maximum Gasteiger partial charge on any atom is 0.492 e. The van der Waals surface area contributed by atoms with Gasteiger partial charge < -0.3 is 19.4 Å². The van der Waals surface area contributed by atoms with E-state index in [4.69, 9.17) is 14.0 Å². The van der Waals surface area contributed by atoms with Crippen LogP contribution in [0.4, 0.5) is 4.79 Å². The average molecular weight is 507 g/mol. The number of nitrogens with zero attached hydrogens (tertiary/aromatic N) is 2. The molecule has 1 aliphatic heterocycles. The lowest BCUT2D eigenvalue weighted by Gasteiger charge is -2.32. The minimum Gasteiger partial charge on any atom is -0.449 e. The molecule has 192 valence electrons. The van der Waals surface area contributed by atoms with Gasteiger partial charge in [0.1, 0.15) is 18.4 Å². The van der Waals surface area contributed by atoms with Gasteiger partial charge in [0.25, 0.3) is 0 Å². The van der Waals surface area contributed by atoms with Crippen LogP contribution in [0.5, 0.6) is 0 Å². The van der Waals surface area contributed by atoms with Gasteiger partial charge in [-0.25, -0.2) is 9.78 Å². The number of nitrogens with one attached hydrogen (secondary N) is 1. The van der Waals surface area contributed by atoms with Crippen LogP contribution in [0, 0.1) is 11.3 Å². The number of aromatic nitrogens is 1. The van der Waals surface area contributed by atoms with Gasteiger partial charge in [0, 0.05) is 24.2 Å². The molecule has 38 heavy (non-hydrogen) atoms. The number of alkyl carbamates (subject to hydrolysis) is 1. The minimum atomic E-state index is -0.708. The van der Waals surface area contributed by atoms with E-state index in [1.807, 2.05) is 52.0 Å². The third-order valence-corrected chi connectivity index (χ3v) is 7.62. The summed E-state index contributed by atoms with van der Waals surface area (Å²) in [4.78, 5) is 17.0. The highest BCUT2D eigenvalue weighted by Gasteiger charge is 2.52. The SMILES string of the molecule is CC1(C)OB(C(=Cc2cccnc2C#N)CNC(=O)OCC2c3ccccc3-c3ccccc32)OC1(C)C. The van der Waals surface area contributed by atoms with Crippen molar-refractivity contribution in [2.45, 2.75) is 44.8 Å². The number of pyridine rings is 1. The van der Waals surface area contributed by atoms with Crippen LogP contribution in [0.15, 0.2) is 72.3 Å². The van der Waals surface area contributed by atoms with E-state index in [2.05, 4.69) is 40.6 Å². The first-order valence-corrected chi connectivity index (χ1v) is 12.7. The molecule has 3 aromatic rings. The van der Waals surface area contributed by atoms with E-state index in [0.717, 1.165) is 11.1 Å². The molecular weight excluding hydrogens is 477 g/mol. The summed E-state index contributed by atoms with van der Waals surface area (Å²) < 4.78 is 18.2. The number of carbonyl (C=O) groups is 1. The summed E-state index contributed by atoms with van der Waals surface area (Å²) in [6.07, 6.45) is 2.82. The van der Waals surface area contributed by atoms with Crippen LogP contribution in [0.1, 0.15) is 56.0 Å². The van der Waals surface area contributed by atoms with Gasteiger partial charge in [0.15, 0.2) is 0 Å². The first-order chi connectivity index (χ1) is 18.2. The Labute approximate surface area is 223 Å². The fourth-order valence-electron chi connectivity index (χ4n) is 4.85. The molecule has 0 spiro atoms. The largest absolute Gasteiger partial charge is 0.492 e. The average Bonchev–Trinajstić information content (AvgIpc) is 3.34. The Balaban J connectivity index is 1.31. The third-order valence-electron chi connectivity index (χ3n) is 7.62. The summed E-state index contributed by atoms with van der Waals surface area (Å²) in [6.45, 7) is 8.20. The van der Waals surface area contributed by atoms with E-state index in [1.54, 1.807) is 24.4 Å². The third kappa shape index (κ3) is 4.83. The molecule has 2 heterocycles. The Bertz CT molecular complexity index is 1380. The maximum atomic E-state index is 12.9. The van der Waals surface area contributed by atoms with E-state index in [0.29, 0.717) is 11.0 Å². The Morgan fingerprint density at radius 1 is 1.03 bits per heavy atom. The summed E-state index contributed by atoms with van der Waals surface area (Å²) in [5.41, 5.74) is 5.08. The fraction of sp³-hybridized carbons (Fsp3) is 0.300. The lowest BCUT2D eigenvalue weighted by Crippen LogP contribution is -2.41. The van der Waals surface area contributed by atoms with Gasteiger partial charge in [-0.05, 0) is 61.5 Å². The van der Waals surface area contributed by atoms with Crippen molar-refractivity contribution >= 4 is 19.3 Å². The predicted molar refractivity (Wildman–Crippen MR) is 146 cm³/mol.